The molecule has 1 aliphatic rings. The van der Waals surface area contributed by atoms with E-state index in [2.05, 4.69) is 20.6 Å². The van der Waals surface area contributed by atoms with Gasteiger partial charge in [0.25, 0.3) is 5.91 Å². The number of nitrogens with zero attached hydrogens (tertiary/aromatic N) is 3. The van der Waals surface area contributed by atoms with Crippen molar-refractivity contribution in [3.05, 3.63) is 11.9 Å². The Morgan fingerprint density at radius 2 is 2.00 bits per heavy atom. The third-order valence-electron chi connectivity index (χ3n) is 3.01. The second-order valence-electron chi connectivity index (χ2n) is 4.14. The fourth-order valence-electron chi connectivity index (χ4n) is 1.88. The molecule has 0 radical (unpaired) electrons. The van der Waals surface area contributed by atoms with Crippen molar-refractivity contribution in [2.75, 3.05) is 24.7 Å². The molecular weight excluding hydrogens is 234 g/mol. The number of amides is 2. The molecule has 0 aromatic carbocycles. The third kappa shape index (κ3) is 1.99. The first-order valence-corrected chi connectivity index (χ1v) is 5.61. The highest BCUT2D eigenvalue weighted by atomic mass is 16.2. The Kier molecular flexibility index (Phi) is 3.14. The van der Waals surface area contributed by atoms with Crippen LogP contribution in [0.1, 0.15) is 12.0 Å². The lowest BCUT2D eigenvalue weighted by Crippen LogP contribution is -2.32. The zero-order chi connectivity index (χ0) is 13.3. The van der Waals surface area contributed by atoms with Crippen molar-refractivity contribution in [1.29, 1.82) is 0 Å². The van der Waals surface area contributed by atoms with E-state index in [1.165, 1.54) is 13.4 Å². The van der Waals surface area contributed by atoms with Crippen molar-refractivity contribution in [1.82, 2.24) is 14.9 Å². The number of anilines is 2. The molecule has 96 valence electrons. The SMILES string of the molecule is CNc1ncnc(NC2CC(=O)N(C)C2=O)c1C. The summed E-state index contributed by atoms with van der Waals surface area (Å²) < 4.78 is 0. The molecule has 2 N–H and O–H groups in total. The summed E-state index contributed by atoms with van der Waals surface area (Å²) in [7, 11) is 3.25. The standard InChI is InChI=1S/C11H15N5O2/c1-6-9(12-2)13-5-14-10(6)15-7-4-8(17)16(3)11(7)18/h5,7H,4H2,1-3H3,(H2,12,13,14,15). The number of nitrogens with one attached hydrogen (secondary N) is 2. The summed E-state index contributed by atoms with van der Waals surface area (Å²) in [5.41, 5.74) is 0.815. The molecule has 1 fully saturated rings. The van der Waals surface area contributed by atoms with Gasteiger partial charge in [0.15, 0.2) is 0 Å². The van der Waals surface area contributed by atoms with Crippen LogP contribution in [0.25, 0.3) is 0 Å². The van der Waals surface area contributed by atoms with Gasteiger partial charge >= 0.3 is 0 Å². The van der Waals surface area contributed by atoms with E-state index in [0.29, 0.717) is 11.6 Å². The summed E-state index contributed by atoms with van der Waals surface area (Å²) in [5.74, 6) is 0.843. The topological polar surface area (TPSA) is 87.2 Å². The number of carbonyl (C=O) groups is 2. The first-order valence-electron chi connectivity index (χ1n) is 5.61. The molecular formula is C11H15N5O2. The fraction of sp³-hybridized carbons (Fsp3) is 0.455. The monoisotopic (exact) mass is 249 g/mol. The lowest BCUT2D eigenvalue weighted by Gasteiger charge is -2.14. The number of likely N-dealkylation sites (tertiary alicyclic amines) is 1. The van der Waals surface area contributed by atoms with Crippen molar-refractivity contribution in [2.45, 2.75) is 19.4 Å². The lowest BCUT2D eigenvalue weighted by molar-refractivity contribution is -0.136. The Morgan fingerprint density at radius 3 is 2.56 bits per heavy atom. The van der Waals surface area contributed by atoms with E-state index in [-0.39, 0.29) is 18.2 Å². The summed E-state index contributed by atoms with van der Waals surface area (Å²) in [6, 6.07) is -0.541. The van der Waals surface area contributed by atoms with Crippen LogP contribution in [0.5, 0.6) is 0 Å². The number of rotatable bonds is 3. The van der Waals surface area contributed by atoms with Crippen LogP contribution in [0.2, 0.25) is 0 Å². The van der Waals surface area contributed by atoms with Gasteiger partial charge in [-0.15, -0.1) is 0 Å². The van der Waals surface area contributed by atoms with Crippen LogP contribution >= 0.6 is 0 Å². The third-order valence-corrected chi connectivity index (χ3v) is 3.01. The molecule has 1 aromatic heterocycles. The summed E-state index contributed by atoms with van der Waals surface area (Å²) >= 11 is 0. The van der Waals surface area contributed by atoms with E-state index < -0.39 is 6.04 Å². The molecule has 0 aliphatic carbocycles. The predicted octanol–water partition coefficient (Wildman–Crippen LogP) is -0.00408. The normalized spacial score (nSPS) is 19.3. The van der Waals surface area contributed by atoms with Crippen molar-refractivity contribution in [3.8, 4) is 0 Å². The van der Waals surface area contributed by atoms with Gasteiger partial charge in [0.05, 0.1) is 6.42 Å². The maximum Gasteiger partial charge on any atom is 0.251 e. The summed E-state index contributed by atoms with van der Waals surface area (Å²) in [4.78, 5) is 32.5. The van der Waals surface area contributed by atoms with E-state index in [4.69, 9.17) is 0 Å². The fourth-order valence-corrected chi connectivity index (χ4v) is 1.88. The number of hydrogen-bond acceptors (Lipinski definition) is 6. The Labute approximate surface area is 105 Å². The molecule has 7 heteroatoms. The molecule has 1 atom stereocenters. The van der Waals surface area contributed by atoms with Gasteiger partial charge in [-0.25, -0.2) is 9.97 Å². The summed E-state index contributed by atoms with van der Waals surface area (Å²) in [5, 5.41) is 5.93. The Bertz CT molecular complexity index is 502. The van der Waals surface area contributed by atoms with Crippen LogP contribution in [0.4, 0.5) is 11.6 Å². The average molecular weight is 249 g/mol. The first kappa shape index (κ1) is 12.3. The van der Waals surface area contributed by atoms with Gasteiger partial charge in [0, 0.05) is 19.7 Å². The van der Waals surface area contributed by atoms with Crippen molar-refractivity contribution >= 4 is 23.5 Å². The quantitative estimate of drug-likeness (QED) is 0.733. The lowest BCUT2D eigenvalue weighted by atomic mass is 10.2. The zero-order valence-electron chi connectivity index (χ0n) is 10.5. The van der Waals surface area contributed by atoms with Crippen molar-refractivity contribution < 1.29 is 9.59 Å². The van der Waals surface area contributed by atoms with Crippen molar-refractivity contribution in [3.63, 3.8) is 0 Å². The highest BCUT2D eigenvalue weighted by molar-refractivity contribution is 6.06. The summed E-state index contributed by atoms with van der Waals surface area (Å²) in [6.07, 6.45) is 1.57. The minimum atomic E-state index is -0.541. The minimum absolute atomic E-state index is 0.160. The van der Waals surface area contributed by atoms with Crippen LogP contribution in [0.3, 0.4) is 0 Å². The van der Waals surface area contributed by atoms with Crippen molar-refractivity contribution in [2.24, 2.45) is 0 Å². The van der Waals surface area contributed by atoms with Gasteiger partial charge in [0.1, 0.15) is 24.0 Å². The molecule has 0 bridgehead atoms. The molecule has 1 unspecified atom stereocenters. The van der Waals surface area contributed by atoms with Gasteiger partial charge in [-0.05, 0) is 6.92 Å². The van der Waals surface area contributed by atoms with Gasteiger partial charge in [-0.3, -0.25) is 14.5 Å². The highest BCUT2D eigenvalue weighted by Gasteiger charge is 2.36. The molecule has 18 heavy (non-hydrogen) atoms. The van der Waals surface area contributed by atoms with Gasteiger partial charge in [0.2, 0.25) is 5.91 Å². The Hall–Kier alpha value is -2.18. The Morgan fingerprint density at radius 1 is 1.33 bits per heavy atom. The van der Waals surface area contributed by atoms with Gasteiger partial charge < -0.3 is 10.6 Å². The van der Waals surface area contributed by atoms with Crippen LogP contribution in [-0.4, -0.2) is 46.8 Å². The molecule has 1 saturated heterocycles. The van der Waals surface area contributed by atoms with Crippen LogP contribution in [-0.2, 0) is 9.59 Å². The van der Waals surface area contributed by atoms with Gasteiger partial charge in [-0.2, -0.15) is 0 Å². The molecule has 7 nitrogen and oxygen atoms in total. The predicted molar refractivity (Wildman–Crippen MR) is 66.1 cm³/mol. The van der Waals surface area contributed by atoms with Crippen LogP contribution in [0.15, 0.2) is 6.33 Å². The van der Waals surface area contributed by atoms with Gasteiger partial charge in [-0.1, -0.05) is 0 Å². The second kappa shape index (κ2) is 4.59. The molecule has 1 aliphatic heterocycles. The molecule has 2 amide bonds. The largest absolute Gasteiger partial charge is 0.373 e. The summed E-state index contributed by atoms with van der Waals surface area (Å²) in [6.45, 7) is 1.85. The molecule has 0 saturated carbocycles. The number of aromatic nitrogens is 2. The first-order chi connectivity index (χ1) is 8.54. The number of imide groups is 1. The average Bonchev–Trinajstić information content (AvgIpc) is 2.60. The molecule has 0 spiro atoms. The van der Waals surface area contributed by atoms with E-state index in [0.717, 1.165) is 10.5 Å². The van der Waals surface area contributed by atoms with Crippen LogP contribution < -0.4 is 10.6 Å². The number of carbonyl (C=O) groups excluding carboxylic acids is 2. The van der Waals surface area contributed by atoms with Crippen LogP contribution in [0, 0.1) is 6.92 Å². The smallest absolute Gasteiger partial charge is 0.251 e. The second-order valence-corrected chi connectivity index (χ2v) is 4.14. The Balaban J connectivity index is 2.20. The molecule has 2 heterocycles. The van der Waals surface area contributed by atoms with E-state index in [1.54, 1.807) is 7.05 Å². The highest BCUT2D eigenvalue weighted by Crippen LogP contribution is 2.21. The molecule has 1 aromatic rings. The maximum absolute atomic E-state index is 11.8. The van der Waals surface area contributed by atoms with E-state index >= 15 is 0 Å². The number of hydrogen-bond donors (Lipinski definition) is 2. The maximum atomic E-state index is 11.8. The molecule has 2 rings (SSSR count). The van der Waals surface area contributed by atoms with E-state index in [1.807, 2.05) is 6.92 Å². The van der Waals surface area contributed by atoms with E-state index in [9.17, 15) is 9.59 Å². The minimum Gasteiger partial charge on any atom is -0.373 e. The number of likely N-dealkylation sites (N-methyl/N-ethyl adjacent to an activating group) is 1. The zero-order valence-corrected chi connectivity index (χ0v) is 10.5.